The number of nitriles is 1. The number of rotatable bonds is 5. The fourth-order valence-electron chi connectivity index (χ4n) is 2.96. The summed E-state index contributed by atoms with van der Waals surface area (Å²) in [6.45, 7) is 1.74. The number of aryl methyl sites for hydroxylation is 1. The monoisotopic (exact) mass is 384 g/mol. The zero-order valence-corrected chi connectivity index (χ0v) is 15.8. The van der Waals surface area contributed by atoms with Crippen molar-refractivity contribution in [2.24, 2.45) is 0 Å². The number of carbonyl (C=O) groups excluding carboxylic acids is 1. The molecule has 0 aromatic carbocycles. The van der Waals surface area contributed by atoms with Gasteiger partial charge in [-0.25, -0.2) is 4.98 Å². The molecule has 0 saturated heterocycles. The summed E-state index contributed by atoms with van der Waals surface area (Å²) in [7, 11) is 0. The molecule has 0 bridgehead atoms. The van der Waals surface area contributed by atoms with Crippen LogP contribution in [-0.2, 0) is 4.79 Å². The SMILES string of the molecule is Cc1cc(=O)[nH]c(Sc2ccc(/C=C(\C#N)C(=O)NC3CCCCC3)o2)n1. The van der Waals surface area contributed by atoms with Gasteiger partial charge in [-0.1, -0.05) is 19.3 Å². The first kappa shape index (κ1) is 19.0. The number of carbonyl (C=O) groups is 1. The molecule has 140 valence electrons. The number of hydrogen-bond donors (Lipinski definition) is 2. The Balaban J connectivity index is 1.69. The molecule has 7 nitrogen and oxygen atoms in total. The third-order valence-corrected chi connectivity index (χ3v) is 5.05. The van der Waals surface area contributed by atoms with E-state index in [1.54, 1.807) is 19.1 Å². The Morgan fingerprint density at radius 1 is 1.41 bits per heavy atom. The summed E-state index contributed by atoms with van der Waals surface area (Å²) in [6, 6.07) is 6.85. The van der Waals surface area contributed by atoms with Gasteiger partial charge in [-0.3, -0.25) is 9.59 Å². The van der Waals surface area contributed by atoms with Crippen LogP contribution in [0, 0.1) is 18.3 Å². The van der Waals surface area contributed by atoms with E-state index in [9.17, 15) is 14.9 Å². The molecule has 1 amide bonds. The van der Waals surface area contributed by atoms with Crippen LogP contribution >= 0.6 is 11.8 Å². The van der Waals surface area contributed by atoms with Crippen LogP contribution in [0.1, 0.15) is 43.6 Å². The third kappa shape index (κ3) is 5.34. The van der Waals surface area contributed by atoms with Gasteiger partial charge in [0.05, 0.1) is 0 Å². The second-order valence-electron chi connectivity index (χ2n) is 6.43. The first-order valence-corrected chi connectivity index (χ1v) is 9.63. The van der Waals surface area contributed by atoms with Crippen molar-refractivity contribution in [3.05, 3.63) is 45.6 Å². The highest BCUT2D eigenvalue weighted by molar-refractivity contribution is 7.99. The maximum absolute atomic E-state index is 12.3. The van der Waals surface area contributed by atoms with E-state index in [1.165, 1.54) is 18.6 Å². The summed E-state index contributed by atoms with van der Waals surface area (Å²) < 4.78 is 5.63. The van der Waals surface area contributed by atoms with Crippen molar-refractivity contribution in [2.45, 2.75) is 55.3 Å². The Hall–Kier alpha value is -2.79. The minimum absolute atomic E-state index is 0.00793. The van der Waals surface area contributed by atoms with Gasteiger partial charge in [0.25, 0.3) is 11.5 Å². The topological polar surface area (TPSA) is 112 Å². The Kier molecular flexibility index (Phi) is 6.14. The second-order valence-corrected chi connectivity index (χ2v) is 7.42. The molecular formula is C19H20N4O3S. The van der Waals surface area contributed by atoms with E-state index in [0.717, 1.165) is 37.4 Å². The standard InChI is InChI=1S/C19H20N4O3S/c1-12-9-16(24)23-19(21-12)27-17-8-7-15(26-17)10-13(11-20)18(25)22-14-5-3-2-4-6-14/h7-10,14H,2-6H2,1H3,(H,22,25)(H,21,23,24)/b13-10+. The molecule has 1 aliphatic rings. The molecule has 0 aliphatic heterocycles. The lowest BCUT2D eigenvalue weighted by molar-refractivity contribution is -0.117. The van der Waals surface area contributed by atoms with Crippen molar-refractivity contribution in [2.75, 3.05) is 0 Å². The summed E-state index contributed by atoms with van der Waals surface area (Å²) in [5, 5.41) is 13.2. The van der Waals surface area contributed by atoms with E-state index >= 15 is 0 Å². The lowest BCUT2D eigenvalue weighted by Crippen LogP contribution is -2.36. The summed E-state index contributed by atoms with van der Waals surface area (Å²) in [5.41, 5.74) is 0.385. The molecular weight excluding hydrogens is 364 g/mol. The average Bonchev–Trinajstić information content (AvgIpc) is 3.06. The second kappa shape index (κ2) is 8.73. The number of nitrogens with zero attached hydrogens (tertiary/aromatic N) is 2. The van der Waals surface area contributed by atoms with E-state index in [4.69, 9.17) is 4.42 Å². The maximum Gasteiger partial charge on any atom is 0.262 e. The number of hydrogen-bond acceptors (Lipinski definition) is 6. The zero-order chi connectivity index (χ0) is 19.2. The van der Waals surface area contributed by atoms with Crippen LogP contribution in [0.2, 0.25) is 0 Å². The van der Waals surface area contributed by atoms with E-state index in [2.05, 4.69) is 15.3 Å². The fourth-order valence-corrected chi connectivity index (χ4v) is 3.77. The highest BCUT2D eigenvalue weighted by Crippen LogP contribution is 2.27. The predicted octanol–water partition coefficient (Wildman–Crippen LogP) is 3.18. The average molecular weight is 384 g/mol. The number of H-pyrrole nitrogens is 1. The Morgan fingerprint density at radius 3 is 2.89 bits per heavy atom. The summed E-state index contributed by atoms with van der Waals surface area (Å²) in [6.07, 6.45) is 6.73. The van der Waals surface area contributed by atoms with E-state index < -0.39 is 0 Å². The third-order valence-electron chi connectivity index (χ3n) is 4.24. The maximum atomic E-state index is 12.3. The molecule has 0 radical (unpaired) electrons. The minimum Gasteiger partial charge on any atom is -0.450 e. The number of nitrogens with one attached hydrogen (secondary N) is 2. The molecule has 0 unspecified atom stereocenters. The minimum atomic E-state index is -0.375. The molecule has 3 rings (SSSR count). The summed E-state index contributed by atoms with van der Waals surface area (Å²) in [5.74, 6) is 0.0162. The van der Waals surface area contributed by atoms with Gasteiger partial charge < -0.3 is 14.7 Å². The molecule has 2 N–H and O–H groups in total. The molecule has 0 spiro atoms. The predicted molar refractivity (Wildman–Crippen MR) is 101 cm³/mol. The largest absolute Gasteiger partial charge is 0.450 e. The molecule has 2 aromatic heterocycles. The van der Waals surface area contributed by atoms with Gasteiger partial charge in [0, 0.05) is 23.9 Å². The molecule has 1 saturated carbocycles. The van der Waals surface area contributed by atoms with Crippen LogP contribution < -0.4 is 10.9 Å². The zero-order valence-electron chi connectivity index (χ0n) is 14.9. The van der Waals surface area contributed by atoms with Crippen molar-refractivity contribution < 1.29 is 9.21 Å². The Labute approximate surface area is 160 Å². The number of amides is 1. The molecule has 1 fully saturated rings. The first-order valence-electron chi connectivity index (χ1n) is 8.82. The number of furan rings is 1. The molecule has 2 aromatic rings. The molecule has 2 heterocycles. The van der Waals surface area contributed by atoms with Crippen LogP contribution in [-0.4, -0.2) is 21.9 Å². The van der Waals surface area contributed by atoms with Gasteiger partial charge in [0.1, 0.15) is 17.4 Å². The van der Waals surface area contributed by atoms with Crippen LogP contribution in [0.4, 0.5) is 0 Å². The fraction of sp³-hybridized carbons (Fsp3) is 0.368. The molecule has 8 heteroatoms. The van der Waals surface area contributed by atoms with Crippen LogP contribution in [0.15, 0.2) is 43.2 Å². The number of aromatic amines is 1. The molecule has 27 heavy (non-hydrogen) atoms. The summed E-state index contributed by atoms with van der Waals surface area (Å²) >= 11 is 1.16. The van der Waals surface area contributed by atoms with Gasteiger partial charge in [-0.15, -0.1) is 0 Å². The van der Waals surface area contributed by atoms with Crippen molar-refractivity contribution in [3.8, 4) is 6.07 Å². The highest BCUT2D eigenvalue weighted by Gasteiger charge is 2.18. The molecule has 1 aliphatic carbocycles. The van der Waals surface area contributed by atoms with Gasteiger partial charge >= 0.3 is 0 Å². The molecule has 0 atom stereocenters. The number of aromatic nitrogens is 2. The van der Waals surface area contributed by atoms with Crippen LogP contribution in [0.25, 0.3) is 6.08 Å². The Bertz CT molecular complexity index is 948. The van der Waals surface area contributed by atoms with Crippen LogP contribution in [0.3, 0.4) is 0 Å². The van der Waals surface area contributed by atoms with Gasteiger partial charge in [-0.05, 0) is 43.7 Å². The first-order chi connectivity index (χ1) is 13.0. The summed E-state index contributed by atoms with van der Waals surface area (Å²) in [4.78, 5) is 30.7. The van der Waals surface area contributed by atoms with Crippen molar-refractivity contribution in [3.63, 3.8) is 0 Å². The van der Waals surface area contributed by atoms with Crippen molar-refractivity contribution in [1.82, 2.24) is 15.3 Å². The smallest absolute Gasteiger partial charge is 0.262 e. The van der Waals surface area contributed by atoms with E-state index in [1.807, 2.05) is 6.07 Å². The van der Waals surface area contributed by atoms with E-state index in [-0.39, 0.29) is 23.1 Å². The Morgan fingerprint density at radius 2 is 2.19 bits per heavy atom. The quantitative estimate of drug-likeness (QED) is 0.465. The van der Waals surface area contributed by atoms with Crippen molar-refractivity contribution >= 4 is 23.7 Å². The normalized spacial score (nSPS) is 15.3. The van der Waals surface area contributed by atoms with Crippen molar-refractivity contribution in [1.29, 1.82) is 5.26 Å². The highest BCUT2D eigenvalue weighted by atomic mass is 32.2. The lowest BCUT2D eigenvalue weighted by Gasteiger charge is -2.22. The van der Waals surface area contributed by atoms with Gasteiger partial charge in [0.2, 0.25) is 0 Å². The van der Waals surface area contributed by atoms with Gasteiger partial charge in [0.15, 0.2) is 10.2 Å². The van der Waals surface area contributed by atoms with Gasteiger partial charge in [-0.2, -0.15) is 5.26 Å². The lowest BCUT2D eigenvalue weighted by atomic mass is 9.95. The van der Waals surface area contributed by atoms with Crippen LogP contribution in [0.5, 0.6) is 0 Å². The van der Waals surface area contributed by atoms with E-state index in [0.29, 0.717) is 21.7 Å².